The largest absolute Gasteiger partial charge is 0.304 e. The third-order valence-corrected chi connectivity index (χ3v) is 6.14. The highest BCUT2D eigenvalue weighted by molar-refractivity contribution is 6.31. The molecule has 0 spiro atoms. The molecule has 0 aromatic heterocycles. The number of benzene rings is 3. The molecule has 4 heteroatoms. The summed E-state index contributed by atoms with van der Waals surface area (Å²) < 4.78 is 0. The summed E-state index contributed by atoms with van der Waals surface area (Å²) in [6.07, 6.45) is 0. The molecule has 0 N–H and O–H groups in total. The van der Waals surface area contributed by atoms with Crippen LogP contribution in [0, 0.1) is 12.3 Å². The Morgan fingerprint density at radius 2 is 1.62 bits per heavy atom. The SMILES string of the molecule is CC(=O)C(C)c1ccc(N2Cc3ccccc3C2=O)cc1-c1ccc(Cl)c(C)c1.CC(C)(C)C. The van der Waals surface area contributed by atoms with Gasteiger partial charge in [0.05, 0.1) is 6.54 Å². The number of nitrogens with zero attached hydrogens (tertiary/aromatic N) is 1. The molecule has 1 unspecified atom stereocenters. The van der Waals surface area contributed by atoms with E-state index in [1.807, 2.05) is 74.5 Å². The molecule has 178 valence electrons. The van der Waals surface area contributed by atoms with Gasteiger partial charge in [0.25, 0.3) is 5.91 Å². The van der Waals surface area contributed by atoms with Gasteiger partial charge in [0.1, 0.15) is 5.78 Å². The molecule has 0 bridgehead atoms. The number of fused-ring (bicyclic) bond motifs is 1. The lowest BCUT2D eigenvalue weighted by Gasteiger charge is -2.21. The third kappa shape index (κ3) is 5.95. The second kappa shape index (κ2) is 10.1. The van der Waals surface area contributed by atoms with Crippen LogP contribution in [-0.2, 0) is 11.3 Å². The lowest BCUT2D eigenvalue weighted by atomic mass is 9.88. The van der Waals surface area contributed by atoms with Crippen LogP contribution in [0.1, 0.15) is 74.5 Å². The number of carbonyl (C=O) groups is 2. The van der Waals surface area contributed by atoms with Crippen molar-refractivity contribution in [3.8, 4) is 11.1 Å². The molecule has 1 heterocycles. The minimum absolute atomic E-state index is 0.00574. The summed E-state index contributed by atoms with van der Waals surface area (Å²) in [6, 6.07) is 19.5. The highest BCUT2D eigenvalue weighted by atomic mass is 35.5. The predicted octanol–water partition coefficient (Wildman–Crippen LogP) is 8.22. The van der Waals surface area contributed by atoms with E-state index in [4.69, 9.17) is 11.6 Å². The summed E-state index contributed by atoms with van der Waals surface area (Å²) in [7, 11) is 0. The first-order valence-corrected chi connectivity index (χ1v) is 12.1. The number of carbonyl (C=O) groups excluding carboxylic acids is 2. The van der Waals surface area contributed by atoms with Gasteiger partial charge in [-0.3, -0.25) is 9.59 Å². The maximum absolute atomic E-state index is 12.9. The average molecular weight is 476 g/mol. The molecule has 1 aliphatic rings. The normalized spacial score (nSPS) is 13.8. The molecular formula is C30H34ClNO2. The molecular weight excluding hydrogens is 442 g/mol. The van der Waals surface area contributed by atoms with E-state index in [-0.39, 0.29) is 17.6 Å². The van der Waals surface area contributed by atoms with E-state index in [0.717, 1.165) is 39.1 Å². The first-order valence-electron chi connectivity index (χ1n) is 11.7. The van der Waals surface area contributed by atoms with Gasteiger partial charge in [0, 0.05) is 22.2 Å². The van der Waals surface area contributed by atoms with Crippen LogP contribution >= 0.6 is 11.6 Å². The van der Waals surface area contributed by atoms with E-state index < -0.39 is 0 Å². The standard InChI is InChI=1S/C25H22ClNO2.C5H12/c1-15-12-18(8-11-24(15)26)23-13-20(9-10-21(23)16(2)17(3)28)27-14-19-6-4-5-7-22(19)25(27)29;1-5(2,3)4/h4-13,16H,14H2,1-3H3;1-4H3. The monoisotopic (exact) mass is 475 g/mol. The Hall–Kier alpha value is -2.91. The van der Waals surface area contributed by atoms with Crippen molar-refractivity contribution >= 4 is 29.0 Å². The number of anilines is 1. The number of halogens is 1. The summed E-state index contributed by atoms with van der Waals surface area (Å²) in [5, 5.41) is 0.705. The van der Waals surface area contributed by atoms with Crippen molar-refractivity contribution in [2.24, 2.45) is 5.41 Å². The van der Waals surface area contributed by atoms with Crippen molar-refractivity contribution in [1.29, 1.82) is 0 Å². The highest BCUT2D eigenvalue weighted by Crippen LogP contribution is 2.37. The van der Waals surface area contributed by atoms with Gasteiger partial charge in [-0.05, 0) is 77.4 Å². The van der Waals surface area contributed by atoms with Crippen molar-refractivity contribution in [2.75, 3.05) is 4.90 Å². The Morgan fingerprint density at radius 3 is 2.21 bits per heavy atom. The van der Waals surface area contributed by atoms with Crippen LogP contribution < -0.4 is 4.90 Å². The Balaban J connectivity index is 0.000000588. The van der Waals surface area contributed by atoms with Gasteiger partial charge in [-0.2, -0.15) is 0 Å². The van der Waals surface area contributed by atoms with Crippen LogP contribution in [0.25, 0.3) is 11.1 Å². The maximum atomic E-state index is 12.9. The second-order valence-corrected chi connectivity index (χ2v) is 11.0. The smallest absolute Gasteiger partial charge is 0.258 e. The molecule has 4 rings (SSSR count). The Morgan fingerprint density at radius 1 is 0.971 bits per heavy atom. The zero-order valence-electron chi connectivity index (χ0n) is 21.2. The summed E-state index contributed by atoms with van der Waals surface area (Å²) in [4.78, 5) is 26.8. The topological polar surface area (TPSA) is 37.4 Å². The fourth-order valence-corrected chi connectivity index (χ4v) is 3.95. The van der Waals surface area contributed by atoms with Crippen molar-refractivity contribution in [1.82, 2.24) is 0 Å². The van der Waals surface area contributed by atoms with Crippen LogP contribution in [0.5, 0.6) is 0 Å². The molecule has 0 fully saturated rings. The number of aryl methyl sites for hydroxylation is 1. The van der Waals surface area contributed by atoms with Gasteiger partial charge in [0.2, 0.25) is 0 Å². The number of ketones is 1. The van der Waals surface area contributed by atoms with Gasteiger partial charge in [-0.15, -0.1) is 0 Å². The van der Waals surface area contributed by atoms with Crippen LogP contribution in [0.15, 0.2) is 60.7 Å². The van der Waals surface area contributed by atoms with E-state index in [9.17, 15) is 9.59 Å². The molecule has 0 radical (unpaired) electrons. The Kier molecular flexibility index (Phi) is 7.67. The van der Waals surface area contributed by atoms with E-state index in [2.05, 4.69) is 27.7 Å². The molecule has 34 heavy (non-hydrogen) atoms. The predicted molar refractivity (Wildman–Crippen MR) is 143 cm³/mol. The summed E-state index contributed by atoms with van der Waals surface area (Å²) >= 11 is 6.22. The zero-order valence-corrected chi connectivity index (χ0v) is 22.0. The van der Waals surface area contributed by atoms with Crippen molar-refractivity contribution in [3.63, 3.8) is 0 Å². The summed E-state index contributed by atoms with van der Waals surface area (Å²) in [5.41, 5.74) is 6.97. The van der Waals surface area contributed by atoms with Gasteiger partial charge >= 0.3 is 0 Å². The quantitative estimate of drug-likeness (QED) is 0.381. The minimum atomic E-state index is -0.235. The van der Waals surface area contributed by atoms with Gasteiger partial charge < -0.3 is 4.90 Å². The first-order chi connectivity index (χ1) is 15.9. The number of rotatable bonds is 4. The van der Waals surface area contributed by atoms with Crippen LogP contribution in [0.2, 0.25) is 5.02 Å². The molecule has 1 atom stereocenters. The van der Waals surface area contributed by atoms with Crippen molar-refractivity contribution in [2.45, 2.75) is 60.9 Å². The molecule has 0 aliphatic carbocycles. The van der Waals surface area contributed by atoms with Crippen LogP contribution in [-0.4, -0.2) is 11.7 Å². The average Bonchev–Trinajstić information content (AvgIpc) is 3.10. The minimum Gasteiger partial charge on any atom is -0.304 e. The maximum Gasteiger partial charge on any atom is 0.258 e. The lowest BCUT2D eigenvalue weighted by Crippen LogP contribution is -2.23. The molecule has 3 nitrogen and oxygen atoms in total. The first kappa shape index (κ1) is 25.7. The van der Waals surface area contributed by atoms with Crippen LogP contribution in [0.4, 0.5) is 5.69 Å². The lowest BCUT2D eigenvalue weighted by molar-refractivity contribution is -0.118. The number of Topliss-reactive ketones (excluding diaryl/α,β-unsaturated/α-hetero) is 1. The van der Waals surface area contributed by atoms with Crippen molar-refractivity contribution < 1.29 is 9.59 Å². The number of amides is 1. The molecule has 1 amide bonds. The van der Waals surface area contributed by atoms with E-state index >= 15 is 0 Å². The van der Waals surface area contributed by atoms with Gasteiger partial charge in [0.15, 0.2) is 0 Å². The molecule has 3 aromatic rings. The highest BCUT2D eigenvalue weighted by Gasteiger charge is 2.29. The van der Waals surface area contributed by atoms with E-state index in [0.29, 0.717) is 17.0 Å². The third-order valence-electron chi connectivity index (χ3n) is 5.72. The molecule has 0 saturated carbocycles. The molecule has 3 aromatic carbocycles. The summed E-state index contributed by atoms with van der Waals surface area (Å²) in [5.74, 6) is -0.123. The fourth-order valence-electron chi connectivity index (χ4n) is 3.83. The Labute approximate surface area is 208 Å². The van der Waals surface area contributed by atoms with E-state index in [1.54, 1.807) is 11.8 Å². The van der Waals surface area contributed by atoms with Gasteiger partial charge in [-0.25, -0.2) is 0 Å². The fraction of sp³-hybridized carbons (Fsp3) is 0.333. The molecule has 1 aliphatic heterocycles. The summed E-state index contributed by atoms with van der Waals surface area (Å²) in [6.45, 7) is 14.8. The van der Waals surface area contributed by atoms with Gasteiger partial charge in [-0.1, -0.05) is 76.6 Å². The Bertz CT molecular complexity index is 1220. The second-order valence-electron chi connectivity index (χ2n) is 10.6. The van der Waals surface area contributed by atoms with Crippen molar-refractivity contribution in [3.05, 3.63) is 87.9 Å². The number of hydrogen-bond donors (Lipinski definition) is 0. The number of hydrogen-bond acceptors (Lipinski definition) is 2. The molecule has 0 saturated heterocycles. The van der Waals surface area contributed by atoms with Crippen LogP contribution in [0.3, 0.4) is 0 Å². The van der Waals surface area contributed by atoms with E-state index in [1.165, 1.54) is 0 Å². The zero-order chi connectivity index (χ0) is 25.2.